The standard InChI is InChI=1S/C13H17N3/c14-9-6-15-4-3-10(9)16-13-11-7-1-2-8(5-7)12(11)13/h3-4,6-8,11-13H,1-2,5,14H2,(H,15,16). The van der Waals surface area contributed by atoms with Gasteiger partial charge in [0.15, 0.2) is 0 Å². The first-order valence-electron chi connectivity index (χ1n) is 6.30. The zero-order chi connectivity index (χ0) is 10.7. The SMILES string of the molecule is Nc1cnccc1NC1C2C3CCC(C3)C12. The summed E-state index contributed by atoms with van der Waals surface area (Å²) >= 11 is 0. The lowest BCUT2D eigenvalue weighted by Gasteiger charge is -2.12. The Hall–Kier alpha value is -1.25. The highest BCUT2D eigenvalue weighted by Gasteiger charge is 2.65. The Kier molecular flexibility index (Phi) is 1.61. The van der Waals surface area contributed by atoms with Crippen molar-refractivity contribution < 1.29 is 0 Å². The van der Waals surface area contributed by atoms with Crippen molar-refractivity contribution >= 4 is 11.4 Å². The maximum Gasteiger partial charge on any atom is 0.0736 e. The fraction of sp³-hybridized carbons (Fsp3) is 0.615. The number of anilines is 2. The van der Waals surface area contributed by atoms with Gasteiger partial charge in [0.1, 0.15) is 0 Å². The molecule has 0 spiro atoms. The summed E-state index contributed by atoms with van der Waals surface area (Å²) in [6.07, 6.45) is 7.98. The summed E-state index contributed by atoms with van der Waals surface area (Å²) in [5.74, 6) is 3.92. The van der Waals surface area contributed by atoms with E-state index in [1.165, 1.54) is 19.3 Å². The number of nitrogens with zero attached hydrogens (tertiary/aromatic N) is 1. The van der Waals surface area contributed by atoms with Gasteiger partial charge in [-0.3, -0.25) is 4.98 Å². The molecule has 4 unspecified atom stereocenters. The van der Waals surface area contributed by atoms with E-state index in [2.05, 4.69) is 10.3 Å². The van der Waals surface area contributed by atoms with Gasteiger partial charge in [0.25, 0.3) is 0 Å². The van der Waals surface area contributed by atoms with Crippen LogP contribution in [0.4, 0.5) is 11.4 Å². The summed E-state index contributed by atoms with van der Waals surface area (Å²) in [6, 6.07) is 2.70. The molecule has 4 atom stereocenters. The molecule has 0 amide bonds. The Bertz CT molecular complexity index is 415. The third kappa shape index (κ3) is 1.06. The average Bonchev–Trinajstić information content (AvgIpc) is 2.71. The minimum Gasteiger partial charge on any atom is -0.396 e. The van der Waals surface area contributed by atoms with E-state index in [1.54, 1.807) is 6.20 Å². The van der Waals surface area contributed by atoms with Gasteiger partial charge < -0.3 is 11.1 Å². The Balaban J connectivity index is 1.53. The van der Waals surface area contributed by atoms with Crippen LogP contribution in [0.3, 0.4) is 0 Å². The second-order valence-electron chi connectivity index (χ2n) is 5.62. The minimum absolute atomic E-state index is 0.705. The van der Waals surface area contributed by atoms with Crippen LogP contribution in [0.15, 0.2) is 18.5 Å². The Labute approximate surface area is 95.4 Å². The summed E-state index contributed by atoms with van der Waals surface area (Å²) in [5, 5.41) is 3.62. The van der Waals surface area contributed by atoms with Crippen LogP contribution in [0.1, 0.15) is 19.3 Å². The van der Waals surface area contributed by atoms with Crippen LogP contribution in [-0.2, 0) is 0 Å². The quantitative estimate of drug-likeness (QED) is 0.794. The molecule has 3 saturated carbocycles. The zero-order valence-electron chi connectivity index (χ0n) is 9.26. The van der Waals surface area contributed by atoms with Gasteiger partial charge in [-0.15, -0.1) is 0 Å². The van der Waals surface area contributed by atoms with Crippen LogP contribution < -0.4 is 11.1 Å². The fourth-order valence-corrected chi connectivity index (χ4v) is 4.24. The highest BCUT2D eigenvalue weighted by atomic mass is 15.0. The molecule has 1 aromatic rings. The van der Waals surface area contributed by atoms with Gasteiger partial charge in [0.05, 0.1) is 17.6 Å². The zero-order valence-corrected chi connectivity index (χ0v) is 9.26. The van der Waals surface area contributed by atoms with Crippen LogP contribution in [0.2, 0.25) is 0 Å². The van der Waals surface area contributed by atoms with E-state index < -0.39 is 0 Å². The van der Waals surface area contributed by atoms with E-state index in [1.807, 2.05) is 12.3 Å². The number of rotatable bonds is 2. The fourth-order valence-electron chi connectivity index (χ4n) is 4.24. The van der Waals surface area contributed by atoms with E-state index in [9.17, 15) is 0 Å². The Morgan fingerprint density at radius 1 is 1.25 bits per heavy atom. The van der Waals surface area contributed by atoms with Crippen LogP contribution in [0.25, 0.3) is 0 Å². The van der Waals surface area contributed by atoms with E-state index >= 15 is 0 Å². The van der Waals surface area contributed by atoms with Gasteiger partial charge >= 0.3 is 0 Å². The molecule has 3 aliphatic carbocycles. The third-order valence-corrected chi connectivity index (χ3v) is 4.91. The maximum absolute atomic E-state index is 5.91. The molecule has 16 heavy (non-hydrogen) atoms. The topological polar surface area (TPSA) is 50.9 Å². The predicted octanol–water partition coefficient (Wildman–Crippen LogP) is 2.12. The van der Waals surface area contributed by atoms with Crippen molar-refractivity contribution in [2.75, 3.05) is 11.1 Å². The minimum atomic E-state index is 0.705. The summed E-state index contributed by atoms with van der Waals surface area (Å²) < 4.78 is 0. The number of hydrogen-bond donors (Lipinski definition) is 2. The van der Waals surface area contributed by atoms with Crippen molar-refractivity contribution in [2.45, 2.75) is 25.3 Å². The number of nitrogens with one attached hydrogen (secondary N) is 1. The lowest BCUT2D eigenvalue weighted by atomic mass is 10.0. The molecule has 0 saturated heterocycles. The predicted molar refractivity (Wildman–Crippen MR) is 63.9 cm³/mol. The van der Waals surface area contributed by atoms with Crippen molar-refractivity contribution in [1.29, 1.82) is 0 Å². The summed E-state index contributed by atoms with van der Waals surface area (Å²) in [5.41, 5.74) is 7.76. The molecule has 1 heterocycles. The molecular formula is C13H17N3. The third-order valence-electron chi connectivity index (χ3n) is 4.91. The van der Waals surface area contributed by atoms with Crippen molar-refractivity contribution in [1.82, 2.24) is 4.98 Å². The monoisotopic (exact) mass is 215 g/mol. The molecule has 4 rings (SSSR count). The molecule has 0 aromatic carbocycles. The number of fused-ring (bicyclic) bond motifs is 5. The highest BCUT2D eigenvalue weighted by molar-refractivity contribution is 5.65. The summed E-state index contributed by atoms with van der Waals surface area (Å²) in [7, 11) is 0. The number of pyridine rings is 1. The molecule has 2 bridgehead atoms. The Morgan fingerprint density at radius 2 is 2.00 bits per heavy atom. The molecule has 0 aliphatic heterocycles. The van der Waals surface area contributed by atoms with Crippen LogP contribution in [-0.4, -0.2) is 11.0 Å². The van der Waals surface area contributed by atoms with Crippen molar-refractivity contribution in [2.24, 2.45) is 23.7 Å². The van der Waals surface area contributed by atoms with Crippen molar-refractivity contribution in [3.8, 4) is 0 Å². The van der Waals surface area contributed by atoms with Gasteiger partial charge in [-0.05, 0) is 49.0 Å². The first kappa shape index (κ1) is 8.85. The second-order valence-corrected chi connectivity index (χ2v) is 5.62. The summed E-state index contributed by atoms with van der Waals surface area (Å²) in [6.45, 7) is 0. The summed E-state index contributed by atoms with van der Waals surface area (Å²) in [4.78, 5) is 4.02. The van der Waals surface area contributed by atoms with Crippen LogP contribution in [0, 0.1) is 23.7 Å². The van der Waals surface area contributed by atoms with E-state index in [-0.39, 0.29) is 0 Å². The molecule has 3 N–H and O–H groups in total. The number of aromatic nitrogens is 1. The van der Waals surface area contributed by atoms with Crippen LogP contribution in [0.5, 0.6) is 0 Å². The van der Waals surface area contributed by atoms with Gasteiger partial charge in [0, 0.05) is 12.2 Å². The van der Waals surface area contributed by atoms with E-state index in [0.717, 1.165) is 35.0 Å². The number of hydrogen-bond acceptors (Lipinski definition) is 3. The van der Waals surface area contributed by atoms with Gasteiger partial charge in [-0.2, -0.15) is 0 Å². The molecule has 3 heteroatoms. The van der Waals surface area contributed by atoms with Gasteiger partial charge in [-0.1, -0.05) is 0 Å². The normalized spacial score (nSPS) is 43.1. The van der Waals surface area contributed by atoms with E-state index in [0.29, 0.717) is 6.04 Å². The highest BCUT2D eigenvalue weighted by Crippen LogP contribution is 2.66. The largest absolute Gasteiger partial charge is 0.396 e. The molecule has 3 fully saturated rings. The smallest absolute Gasteiger partial charge is 0.0736 e. The lowest BCUT2D eigenvalue weighted by molar-refractivity contribution is 0.456. The number of nitrogens with two attached hydrogens (primary N) is 1. The molecule has 3 nitrogen and oxygen atoms in total. The molecule has 84 valence electrons. The van der Waals surface area contributed by atoms with Crippen LogP contribution >= 0.6 is 0 Å². The Morgan fingerprint density at radius 3 is 2.69 bits per heavy atom. The molecular weight excluding hydrogens is 198 g/mol. The first-order valence-corrected chi connectivity index (χ1v) is 6.30. The molecule has 0 radical (unpaired) electrons. The molecule has 1 aromatic heterocycles. The van der Waals surface area contributed by atoms with Gasteiger partial charge in [-0.25, -0.2) is 0 Å². The number of nitrogen functional groups attached to an aromatic ring is 1. The maximum atomic E-state index is 5.91. The van der Waals surface area contributed by atoms with Crippen molar-refractivity contribution in [3.05, 3.63) is 18.5 Å². The first-order chi connectivity index (χ1) is 7.84. The van der Waals surface area contributed by atoms with E-state index in [4.69, 9.17) is 5.73 Å². The van der Waals surface area contributed by atoms with Crippen molar-refractivity contribution in [3.63, 3.8) is 0 Å². The second kappa shape index (κ2) is 2.90. The van der Waals surface area contributed by atoms with Gasteiger partial charge in [0.2, 0.25) is 0 Å². The average molecular weight is 215 g/mol. The molecule has 3 aliphatic rings. The lowest BCUT2D eigenvalue weighted by Crippen LogP contribution is -2.13.